The fraction of sp³-hybridized carbons (Fsp3) is 0.870. The molecule has 0 fully saturated rings. The van der Waals surface area contributed by atoms with Gasteiger partial charge in [0.1, 0.15) is 19.3 Å². The SMILES string of the molecule is CCCCCC/C=C\CCCCCCCCCC(=O)OC[C@H](COP(=O)(O)OC[C@H](O)COP(=O)(O)OC[C@@H](COC(=O)CCCCCCC/C=C\CCCCCCCC)OC(=O)CCCCCCCCCCCCCCC)OC(=O)CCCCCCC/C=C\CCCCCC. The number of carbonyl (C=O) groups excluding carboxylic acids is 4. The van der Waals surface area contributed by atoms with Gasteiger partial charge in [0.05, 0.1) is 26.4 Å². The van der Waals surface area contributed by atoms with Gasteiger partial charge in [-0.15, -0.1) is 0 Å². The number of phosphoric ester groups is 2. The summed E-state index contributed by atoms with van der Waals surface area (Å²) < 4.78 is 68.5. The van der Waals surface area contributed by atoms with Gasteiger partial charge in [-0.05, 0) is 103 Å². The van der Waals surface area contributed by atoms with Crippen LogP contribution in [0, 0.1) is 0 Å². The van der Waals surface area contributed by atoms with Crippen molar-refractivity contribution in [3.63, 3.8) is 0 Å². The summed E-state index contributed by atoms with van der Waals surface area (Å²) in [6.07, 6.45) is 65.5. The molecular weight excluding hydrogens is 1260 g/mol. The molecule has 0 bridgehead atoms. The number of hydrogen-bond donors (Lipinski definition) is 3. The van der Waals surface area contributed by atoms with Gasteiger partial charge >= 0.3 is 39.5 Å². The van der Waals surface area contributed by atoms with Crippen LogP contribution < -0.4 is 0 Å². The van der Waals surface area contributed by atoms with Crippen molar-refractivity contribution in [2.24, 2.45) is 0 Å². The Balaban J connectivity index is 5.30. The highest BCUT2D eigenvalue weighted by atomic mass is 31.2. The Bertz CT molecular complexity index is 1970. The van der Waals surface area contributed by atoms with Gasteiger partial charge in [0, 0.05) is 25.7 Å². The Labute approximate surface area is 585 Å². The first-order chi connectivity index (χ1) is 46.7. The number of phosphoric acid groups is 2. The Kier molecular flexibility index (Phi) is 68.7. The van der Waals surface area contributed by atoms with E-state index in [1.807, 2.05) is 0 Å². The average Bonchev–Trinajstić information content (AvgIpc) is 1.14. The average molecular weight is 1400 g/mol. The van der Waals surface area contributed by atoms with Crippen molar-refractivity contribution < 1.29 is 80.2 Å². The van der Waals surface area contributed by atoms with E-state index < -0.39 is 97.5 Å². The lowest BCUT2D eigenvalue weighted by Crippen LogP contribution is -2.30. The number of esters is 4. The molecule has 0 radical (unpaired) electrons. The fourth-order valence-corrected chi connectivity index (χ4v) is 12.6. The van der Waals surface area contributed by atoms with Crippen LogP contribution in [0.3, 0.4) is 0 Å². The zero-order valence-corrected chi connectivity index (χ0v) is 63.4. The van der Waals surface area contributed by atoms with Crippen LogP contribution in [0.4, 0.5) is 0 Å². The van der Waals surface area contributed by atoms with Crippen molar-refractivity contribution in [2.45, 2.75) is 393 Å². The minimum Gasteiger partial charge on any atom is -0.462 e. The van der Waals surface area contributed by atoms with Gasteiger partial charge in [-0.25, -0.2) is 9.13 Å². The number of unbranched alkanes of at least 4 members (excludes halogenated alkanes) is 43. The maximum Gasteiger partial charge on any atom is 0.472 e. The summed E-state index contributed by atoms with van der Waals surface area (Å²) in [5, 5.41) is 10.6. The van der Waals surface area contributed by atoms with Crippen molar-refractivity contribution >= 4 is 39.5 Å². The molecule has 0 saturated carbocycles. The quantitative estimate of drug-likeness (QED) is 0.0169. The lowest BCUT2D eigenvalue weighted by Gasteiger charge is -2.21. The smallest absolute Gasteiger partial charge is 0.462 e. The molecule has 0 aliphatic rings. The van der Waals surface area contributed by atoms with E-state index in [0.29, 0.717) is 25.7 Å². The molecular formula is C77H144O17P2. The molecule has 0 aromatic carbocycles. The third kappa shape index (κ3) is 69.7. The van der Waals surface area contributed by atoms with E-state index >= 15 is 0 Å². The minimum absolute atomic E-state index is 0.0902. The predicted molar refractivity (Wildman–Crippen MR) is 391 cm³/mol. The molecule has 0 aliphatic carbocycles. The number of aliphatic hydroxyl groups is 1. The van der Waals surface area contributed by atoms with Gasteiger partial charge in [-0.3, -0.25) is 37.3 Å². The van der Waals surface area contributed by atoms with E-state index in [0.717, 1.165) is 141 Å². The van der Waals surface area contributed by atoms with E-state index in [-0.39, 0.29) is 25.7 Å². The minimum atomic E-state index is -4.97. The number of hydrogen-bond acceptors (Lipinski definition) is 15. The number of allylic oxidation sites excluding steroid dienone is 6. The van der Waals surface area contributed by atoms with Crippen molar-refractivity contribution in [1.29, 1.82) is 0 Å². The van der Waals surface area contributed by atoms with E-state index in [1.165, 1.54) is 154 Å². The maximum absolute atomic E-state index is 13.1. The molecule has 0 saturated heterocycles. The zero-order chi connectivity index (χ0) is 70.4. The second-order valence-electron chi connectivity index (χ2n) is 26.7. The lowest BCUT2D eigenvalue weighted by molar-refractivity contribution is -0.161. The first kappa shape index (κ1) is 93.3. The molecule has 17 nitrogen and oxygen atoms in total. The normalized spacial score (nSPS) is 14.1. The van der Waals surface area contributed by atoms with Gasteiger partial charge in [0.2, 0.25) is 0 Å². The van der Waals surface area contributed by atoms with Gasteiger partial charge in [-0.1, -0.05) is 282 Å². The van der Waals surface area contributed by atoms with E-state index in [4.69, 9.17) is 37.0 Å². The van der Waals surface area contributed by atoms with Crippen LogP contribution in [0.15, 0.2) is 36.5 Å². The predicted octanol–water partition coefficient (Wildman–Crippen LogP) is 22.3. The van der Waals surface area contributed by atoms with Crippen LogP contribution in [-0.2, 0) is 65.4 Å². The highest BCUT2D eigenvalue weighted by molar-refractivity contribution is 7.47. The van der Waals surface area contributed by atoms with Gasteiger partial charge < -0.3 is 33.8 Å². The van der Waals surface area contributed by atoms with Crippen LogP contribution in [0.1, 0.15) is 374 Å². The molecule has 564 valence electrons. The summed E-state index contributed by atoms with van der Waals surface area (Å²) in [5.74, 6) is -2.16. The number of rotatable bonds is 75. The summed E-state index contributed by atoms with van der Waals surface area (Å²) in [6.45, 7) is 4.90. The van der Waals surface area contributed by atoms with Crippen molar-refractivity contribution in [3.05, 3.63) is 36.5 Å². The molecule has 0 rings (SSSR count). The molecule has 5 atom stereocenters. The second-order valence-corrected chi connectivity index (χ2v) is 29.6. The molecule has 0 amide bonds. The molecule has 96 heavy (non-hydrogen) atoms. The van der Waals surface area contributed by atoms with Gasteiger partial charge in [0.25, 0.3) is 0 Å². The highest BCUT2D eigenvalue weighted by Crippen LogP contribution is 2.45. The van der Waals surface area contributed by atoms with Crippen LogP contribution in [0.5, 0.6) is 0 Å². The highest BCUT2D eigenvalue weighted by Gasteiger charge is 2.30. The maximum atomic E-state index is 13.1. The Hall–Kier alpha value is -2.72. The Morgan fingerprint density at radius 1 is 0.281 bits per heavy atom. The van der Waals surface area contributed by atoms with Crippen LogP contribution >= 0.6 is 15.6 Å². The molecule has 19 heteroatoms. The lowest BCUT2D eigenvalue weighted by atomic mass is 10.0. The Morgan fingerprint density at radius 3 is 0.729 bits per heavy atom. The van der Waals surface area contributed by atoms with Crippen molar-refractivity contribution in [2.75, 3.05) is 39.6 Å². The van der Waals surface area contributed by atoms with Crippen molar-refractivity contribution in [3.8, 4) is 0 Å². The largest absolute Gasteiger partial charge is 0.472 e. The summed E-state index contributed by atoms with van der Waals surface area (Å²) in [4.78, 5) is 72.8. The zero-order valence-electron chi connectivity index (χ0n) is 61.6. The van der Waals surface area contributed by atoms with Crippen LogP contribution in [0.25, 0.3) is 0 Å². The van der Waals surface area contributed by atoms with E-state index in [9.17, 15) is 43.2 Å². The Morgan fingerprint density at radius 2 is 0.479 bits per heavy atom. The number of aliphatic hydroxyl groups excluding tert-OH is 1. The topological polar surface area (TPSA) is 237 Å². The summed E-state index contributed by atoms with van der Waals surface area (Å²) in [5.41, 5.74) is 0. The van der Waals surface area contributed by atoms with Gasteiger partial charge in [0.15, 0.2) is 12.2 Å². The van der Waals surface area contributed by atoms with E-state index in [2.05, 4.69) is 64.2 Å². The molecule has 2 unspecified atom stereocenters. The molecule has 0 aromatic heterocycles. The van der Waals surface area contributed by atoms with Crippen LogP contribution in [-0.4, -0.2) is 96.7 Å². The summed E-state index contributed by atoms with van der Waals surface area (Å²) >= 11 is 0. The number of ether oxygens (including phenoxy) is 4. The monoisotopic (exact) mass is 1400 g/mol. The number of carbonyl (C=O) groups is 4. The first-order valence-corrected chi connectivity index (χ1v) is 42.2. The van der Waals surface area contributed by atoms with Crippen LogP contribution in [0.2, 0.25) is 0 Å². The van der Waals surface area contributed by atoms with Gasteiger partial charge in [-0.2, -0.15) is 0 Å². The molecule has 0 spiro atoms. The first-order valence-electron chi connectivity index (χ1n) is 39.2. The summed E-state index contributed by atoms with van der Waals surface area (Å²) in [6, 6.07) is 0. The van der Waals surface area contributed by atoms with Crippen molar-refractivity contribution in [1.82, 2.24) is 0 Å². The second kappa shape index (κ2) is 70.7. The third-order valence-electron chi connectivity index (χ3n) is 17.1. The standard InChI is InChI=1S/C77H144O17P2/c1-5-9-13-17-21-25-29-33-35-39-41-45-49-53-57-61-74(79)87-67-72(93-76(81)63-59-55-51-47-43-37-31-27-23-19-15-11-7-3)69-91-95(83,84)89-65-71(78)66-90-96(85,86)92-70-73(94-77(82)64-60-56-52-48-44-38-32-28-24-20-16-12-8-4)68-88-75(80)62-58-54-50-46-42-40-36-34-30-26-22-18-14-10-6-2/h25,27,29,31,34,36,71-73,78H,5-24,26,28,30,32-33,35,37-70H2,1-4H3,(H,83,84)(H,85,86)/b29-25-,31-27-,36-34-/t71-,72+,73+/m0/s1. The molecule has 3 N–H and O–H groups in total. The fourth-order valence-electron chi connectivity index (χ4n) is 11.0. The summed E-state index contributed by atoms with van der Waals surface area (Å²) in [7, 11) is -9.93. The van der Waals surface area contributed by atoms with E-state index in [1.54, 1.807) is 0 Å². The molecule has 0 aliphatic heterocycles. The molecule has 0 aromatic rings. The molecule has 0 heterocycles. The third-order valence-corrected chi connectivity index (χ3v) is 19.0.